The van der Waals surface area contributed by atoms with Crippen molar-refractivity contribution < 1.29 is 5.11 Å². The van der Waals surface area contributed by atoms with Gasteiger partial charge in [-0.25, -0.2) is 4.98 Å². The summed E-state index contributed by atoms with van der Waals surface area (Å²) in [5, 5.41) is 13.9. The van der Waals surface area contributed by atoms with Crippen LogP contribution >= 0.6 is 0 Å². The third kappa shape index (κ3) is 3.57. The van der Waals surface area contributed by atoms with E-state index in [-0.39, 0.29) is 12.6 Å². The van der Waals surface area contributed by atoms with Crippen LogP contribution < -0.4 is 10.2 Å². The molecule has 0 saturated carbocycles. The Morgan fingerprint density at radius 3 is 2.83 bits per heavy atom. The molecule has 7 heteroatoms. The number of hydrogen-bond acceptors (Lipinski definition) is 6. The number of rotatable bonds is 5. The first-order valence-electron chi connectivity index (χ1n) is 11.0. The smallest absolute Gasteiger partial charge is 0.138 e. The highest BCUT2D eigenvalue weighted by molar-refractivity contribution is 5.55. The van der Waals surface area contributed by atoms with Gasteiger partial charge in [0.1, 0.15) is 11.5 Å². The molecule has 1 aliphatic carbocycles. The number of nitrogens with zero attached hydrogens (tertiary/aromatic N) is 5. The molecule has 0 unspecified atom stereocenters. The molecule has 0 radical (unpaired) electrons. The number of nitrogens with one attached hydrogen (secondary N) is 1. The molecular formula is C23H30N6O. The number of hydrogen-bond donors (Lipinski definition) is 2. The second kappa shape index (κ2) is 8.34. The van der Waals surface area contributed by atoms with Crippen molar-refractivity contribution in [3.63, 3.8) is 0 Å². The van der Waals surface area contributed by atoms with Gasteiger partial charge in [-0.3, -0.25) is 9.38 Å². The maximum absolute atomic E-state index is 10.2. The summed E-state index contributed by atoms with van der Waals surface area (Å²) < 4.78 is 2.13. The van der Waals surface area contributed by atoms with Crippen LogP contribution in [0.15, 0.2) is 36.5 Å². The minimum atomic E-state index is -0.0254. The van der Waals surface area contributed by atoms with E-state index in [0.29, 0.717) is 6.54 Å². The lowest BCUT2D eigenvalue weighted by Crippen LogP contribution is -2.45. The highest BCUT2D eigenvalue weighted by Gasteiger charge is 2.23. The molecule has 2 N–H and O–H groups in total. The summed E-state index contributed by atoms with van der Waals surface area (Å²) in [5.41, 5.74) is 5.20. The van der Waals surface area contributed by atoms with Crippen LogP contribution in [0.25, 0.3) is 5.65 Å². The summed E-state index contributed by atoms with van der Waals surface area (Å²) in [6, 6.07) is 10.7. The first kappa shape index (κ1) is 19.5. The number of aromatic nitrogens is 3. The number of likely N-dealkylation sites (N-methyl/N-ethyl adjacent to an activating group) is 1. The molecular weight excluding hydrogens is 376 g/mol. The average molecular weight is 407 g/mol. The van der Waals surface area contributed by atoms with Gasteiger partial charge < -0.3 is 20.2 Å². The number of aryl methyl sites for hydroxylation is 1. The number of imidazole rings is 1. The van der Waals surface area contributed by atoms with E-state index in [0.717, 1.165) is 67.6 Å². The Hall–Kier alpha value is -2.48. The standard InChI is InChI=1S/C23H30N6O/c1-27-11-13-28(14-12-27)22-9-3-8-21-26-19(20(16-30)29(21)22)15-25-18-7-2-5-17-6-4-10-24-23(17)18/h3-4,6,8-10,18,25,30H,2,5,7,11-16H2,1H3/t18-/m0/s1. The third-order valence-corrected chi connectivity index (χ3v) is 6.49. The highest BCUT2D eigenvalue weighted by Crippen LogP contribution is 2.29. The summed E-state index contributed by atoms with van der Waals surface area (Å²) >= 11 is 0. The van der Waals surface area contributed by atoms with E-state index in [1.165, 1.54) is 12.0 Å². The maximum Gasteiger partial charge on any atom is 0.138 e. The molecule has 0 bridgehead atoms. The van der Waals surface area contributed by atoms with Crippen molar-refractivity contribution in [1.29, 1.82) is 0 Å². The Bertz CT molecular complexity index is 1020. The van der Waals surface area contributed by atoms with Crippen molar-refractivity contribution >= 4 is 11.5 Å². The van der Waals surface area contributed by atoms with Gasteiger partial charge in [-0.15, -0.1) is 0 Å². The minimum absolute atomic E-state index is 0.0254. The van der Waals surface area contributed by atoms with E-state index in [2.05, 4.69) is 49.7 Å². The highest BCUT2D eigenvalue weighted by atomic mass is 16.3. The lowest BCUT2D eigenvalue weighted by atomic mass is 9.92. The predicted molar refractivity (Wildman–Crippen MR) is 118 cm³/mol. The second-order valence-corrected chi connectivity index (χ2v) is 8.40. The van der Waals surface area contributed by atoms with Gasteiger partial charge in [-0.2, -0.15) is 0 Å². The van der Waals surface area contributed by atoms with Gasteiger partial charge in [0.15, 0.2) is 0 Å². The Morgan fingerprint density at radius 1 is 1.13 bits per heavy atom. The van der Waals surface area contributed by atoms with Crippen molar-refractivity contribution in [1.82, 2.24) is 24.6 Å². The molecule has 1 atom stereocenters. The van der Waals surface area contributed by atoms with Gasteiger partial charge in [0.25, 0.3) is 0 Å². The predicted octanol–water partition coefficient (Wildman–Crippen LogP) is 2.14. The molecule has 7 nitrogen and oxygen atoms in total. The van der Waals surface area contributed by atoms with Crippen molar-refractivity contribution in [3.05, 3.63) is 59.2 Å². The van der Waals surface area contributed by atoms with E-state index in [1.807, 2.05) is 18.3 Å². The Morgan fingerprint density at radius 2 is 2.00 bits per heavy atom. The molecule has 3 aromatic rings. The van der Waals surface area contributed by atoms with Crippen LogP contribution in [-0.2, 0) is 19.6 Å². The van der Waals surface area contributed by atoms with Crippen molar-refractivity contribution in [2.75, 3.05) is 38.1 Å². The van der Waals surface area contributed by atoms with Crippen LogP contribution in [0, 0.1) is 0 Å². The van der Waals surface area contributed by atoms with Gasteiger partial charge >= 0.3 is 0 Å². The molecule has 2 aliphatic rings. The number of aliphatic hydroxyl groups is 1. The molecule has 5 rings (SSSR count). The van der Waals surface area contributed by atoms with Crippen molar-refractivity contribution in [2.45, 2.75) is 38.5 Å². The molecule has 0 spiro atoms. The Balaban J connectivity index is 1.42. The van der Waals surface area contributed by atoms with E-state index < -0.39 is 0 Å². The lowest BCUT2D eigenvalue weighted by molar-refractivity contribution is 0.273. The molecule has 0 amide bonds. The lowest BCUT2D eigenvalue weighted by Gasteiger charge is -2.34. The topological polar surface area (TPSA) is 68.9 Å². The fourth-order valence-corrected chi connectivity index (χ4v) is 4.80. The summed E-state index contributed by atoms with van der Waals surface area (Å²) in [6.07, 6.45) is 5.23. The SMILES string of the molecule is CN1CCN(c2cccc3nc(CN[C@H]4CCCc5cccnc54)c(CO)n23)CC1. The van der Waals surface area contributed by atoms with Crippen LogP contribution in [-0.4, -0.2) is 57.6 Å². The third-order valence-electron chi connectivity index (χ3n) is 6.49. The summed E-state index contributed by atoms with van der Waals surface area (Å²) in [7, 11) is 2.16. The number of aliphatic hydroxyl groups excluding tert-OH is 1. The van der Waals surface area contributed by atoms with Gasteiger partial charge in [0, 0.05) is 38.9 Å². The molecule has 1 saturated heterocycles. The molecule has 0 aromatic carbocycles. The Labute approximate surface area is 177 Å². The van der Waals surface area contributed by atoms with Crippen LogP contribution in [0.1, 0.15) is 41.5 Å². The normalized spacial score (nSPS) is 19.9. The number of piperazine rings is 1. The van der Waals surface area contributed by atoms with Gasteiger partial charge in [0.2, 0.25) is 0 Å². The zero-order chi connectivity index (χ0) is 20.5. The van der Waals surface area contributed by atoms with Gasteiger partial charge in [-0.05, 0) is 50.1 Å². The zero-order valence-electron chi connectivity index (χ0n) is 17.6. The molecule has 3 aromatic heterocycles. The quantitative estimate of drug-likeness (QED) is 0.677. The largest absolute Gasteiger partial charge is 0.390 e. The summed E-state index contributed by atoms with van der Waals surface area (Å²) in [6.45, 7) is 4.65. The van der Waals surface area contributed by atoms with Crippen molar-refractivity contribution in [2.24, 2.45) is 0 Å². The second-order valence-electron chi connectivity index (χ2n) is 8.40. The van der Waals surface area contributed by atoms with E-state index in [4.69, 9.17) is 4.98 Å². The number of pyridine rings is 2. The molecule has 1 fully saturated rings. The van der Waals surface area contributed by atoms with E-state index >= 15 is 0 Å². The van der Waals surface area contributed by atoms with E-state index in [9.17, 15) is 5.11 Å². The zero-order valence-corrected chi connectivity index (χ0v) is 17.6. The number of fused-ring (bicyclic) bond motifs is 2. The summed E-state index contributed by atoms with van der Waals surface area (Å²) in [5.74, 6) is 1.12. The minimum Gasteiger partial charge on any atom is -0.390 e. The van der Waals surface area contributed by atoms with Crippen molar-refractivity contribution in [3.8, 4) is 0 Å². The Kier molecular flexibility index (Phi) is 5.41. The molecule has 1 aliphatic heterocycles. The monoisotopic (exact) mass is 406 g/mol. The first-order chi connectivity index (χ1) is 14.7. The van der Waals surface area contributed by atoms with Crippen LogP contribution in [0.2, 0.25) is 0 Å². The van der Waals surface area contributed by atoms with Crippen LogP contribution in [0.4, 0.5) is 5.82 Å². The fraction of sp³-hybridized carbons (Fsp3) is 0.478. The fourth-order valence-electron chi connectivity index (χ4n) is 4.80. The van der Waals surface area contributed by atoms with Crippen LogP contribution in [0.5, 0.6) is 0 Å². The van der Waals surface area contributed by atoms with Crippen LogP contribution in [0.3, 0.4) is 0 Å². The maximum atomic E-state index is 10.2. The average Bonchev–Trinajstić information content (AvgIpc) is 3.16. The number of anilines is 1. The first-order valence-corrected chi connectivity index (χ1v) is 11.0. The van der Waals surface area contributed by atoms with Gasteiger partial charge in [-0.1, -0.05) is 12.1 Å². The van der Waals surface area contributed by atoms with E-state index in [1.54, 1.807) is 0 Å². The van der Waals surface area contributed by atoms with Gasteiger partial charge in [0.05, 0.1) is 29.7 Å². The molecule has 4 heterocycles. The molecule has 158 valence electrons. The molecule has 30 heavy (non-hydrogen) atoms. The summed E-state index contributed by atoms with van der Waals surface area (Å²) in [4.78, 5) is 14.3.